The highest BCUT2D eigenvalue weighted by Crippen LogP contribution is 2.30. The summed E-state index contributed by atoms with van der Waals surface area (Å²) < 4.78 is 0. The van der Waals surface area contributed by atoms with Crippen LogP contribution in [-0.4, -0.2) is 27.8 Å². The molecule has 2 amide bonds. The van der Waals surface area contributed by atoms with Crippen molar-refractivity contribution in [3.8, 4) is 11.5 Å². The summed E-state index contributed by atoms with van der Waals surface area (Å²) in [6, 6.07) is 34.0. The molecule has 204 valence electrons. The van der Waals surface area contributed by atoms with Gasteiger partial charge in [0.05, 0.1) is 11.4 Å². The molecule has 7 nitrogen and oxygen atoms in total. The van der Waals surface area contributed by atoms with Gasteiger partial charge in [-0.3, -0.25) is 14.4 Å². The maximum absolute atomic E-state index is 13.4. The monoisotopic (exact) mass is 552 g/mol. The Morgan fingerprint density at radius 1 is 0.476 bits per heavy atom. The normalized spacial score (nSPS) is 10.9. The van der Waals surface area contributed by atoms with Crippen molar-refractivity contribution < 1.29 is 24.6 Å². The van der Waals surface area contributed by atoms with Gasteiger partial charge in [0, 0.05) is 22.3 Å². The van der Waals surface area contributed by atoms with Crippen LogP contribution in [0.3, 0.4) is 0 Å². The lowest BCUT2D eigenvalue weighted by Gasteiger charge is -2.12. The molecule has 0 aliphatic carbocycles. The predicted octanol–water partition coefficient (Wildman–Crippen LogP) is 7.14. The van der Waals surface area contributed by atoms with E-state index in [9.17, 15) is 24.6 Å². The third kappa shape index (κ3) is 5.02. The number of benzene rings is 6. The molecular formula is C35H24N2O5. The first-order valence-electron chi connectivity index (χ1n) is 13.2. The number of hydrogen-bond donors (Lipinski definition) is 4. The van der Waals surface area contributed by atoms with Gasteiger partial charge in [-0.25, -0.2) is 0 Å². The molecule has 0 spiro atoms. The fourth-order valence-corrected chi connectivity index (χ4v) is 4.95. The van der Waals surface area contributed by atoms with E-state index in [4.69, 9.17) is 0 Å². The first kappa shape index (κ1) is 26.3. The van der Waals surface area contributed by atoms with Gasteiger partial charge >= 0.3 is 0 Å². The SMILES string of the molecule is O=C(c1ccc(O)c(NC(=O)c2cccc3ccccc23)c1)c1ccc(O)c(NC(=O)c2cccc3ccccc23)c1. The van der Waals surface area contributed by atoms with E-state index in [1.807, 2.05) is 60.7 Å². The molecule has 0 saturated heterocycles. The maximum Gasteiger partial charge on any atom is 0.256 e. The molecule has 6 rings (SSSR count). The highest BCUT2D eigenvalue weighted by Gasteiger charge is 2.18. The van der Waals surface area contributed by atoms with Crippen molar-refractivity contribution in [1.29, 1.82) is 0 Å². The summed E-state index contributed by atoms with van der Waals surface area (Å²) in [4.78, 5) is 39.7. The Morgan fingerprint density at radius 2 is 0.881 bits per heavy atom. The molecule has 0 saturated carbocycles. The van der Waals surface area contributed by atoms with E-state index in [1.165, 1.54) is 36.4 Å². The zero-order valence-electron chi connectivity index (χ0n) is 22.2. The summed E-state index contributed by atoms with van der Waals surface area (Å²) in [5, 5.41) is 29.6. The van der Waals surface area contributed by atoms with Crippen molar-refractivity contribution in [2.24, 2.45) is 0 Å². The second-order valence-electron chi connectivity index (χ2n) is 9.75. The smallest absolute Gasteiger partial charge is 0.256 e. The molecule has 7 heteroatoms. The van der Waals surface area contributed by atoms with Crippen molar-refractivity contribution in [2.45, 2.75) is 0 Å². The third-order valence-corrected chi connectivity index (χ3v) is 7.08. The van der Waals surface area contributed by atoms with Gasteiger partial charge in [0.2, 0.25) is 0 Å². The van der Waals surface area contributed by atoms with Gasteiger partial charge in [0.15, 0.2) is 5.78 Å². The number of phenolic OH excluding ortho intramolecular Hbond substituents is 2. The molecule has 0 aliphatic heterocycles. The molecule has 0 atom stereocenters. The quantitative estimate of drug-likeness (QED) is 0.129. The number of carbonyl (C=O) groups excluding carboxylic acids is 3. The molecule has 0 bridgehead atoms. The summed E-state index contributed by atoms with van der Waals surface area (Å²) in [6.45, 7) is 0. The Balaban J connectivity index is 1.26. The zero-order chi connectivity index (χ0) is 29.2. The third-order valence-electron chi connectivity index (χ3n) is 7.08. The number of fused-ring (bicyclic) bond motifs is 2. The van der Waals surface area contributed by atoms with E-state index in [2.05, 4.69) is 10.6 Å². The molecule has 0 aliphatic rings. The van der Waals surface area contributed by atoms with Crippen LogP contribution >= 0.6 is 0 Å². The van der Waals surface area contributed by atoms with Crippen molar-refractivity contribution in [3.63, 3.8) is 0 Å². The largest absolute Gasteiger partial charge is 0.506 e. The van der Waals surface area contributed by atoms with Gasteiger partial charge in [0.25, 0.3) is 11.8 Å². The number of ketones is 1. The van der Waals surface area contributed by atoms with E-state index in [0.717, 1.165) is 21.5 Å². The van der Waals surface area contributed by atoms with Crippen molar-refractivity contribution in [1.82, 2.24) is 0 Å². The van der Waals surface area contributed by atoms with Crippen molar-refractivity contribution in [3.05, 3.63) is 144 Å². The summed E-state index contributed by atoms with van der Waals surface area (Å²) in [7, 11) is 0. The standard InChI is InChI=1S/C35H24N2O5/c38-31-17-15-23(19-29(31)36-34(41)27-13-5-9-21-7-1-3-11-25(21)27)33(40)24-16-18-32(39)30(20-24)37-35(42)28-14-6-10-22-8-2-4-12-26(22)28/h1-20,38-39H,(H,36,41)(H,37,42). The lowest BCUT2D eigenvalue weighted by atomic mass is 10.0. The van der Waals surface area contributed by atoms with Gasteiger partial charge in [-0.05, 0) is 70.1 Å². The number of rotatable bonds is 6. The van der Waals surface area contributed by atoms with Crippen LogP contribution in [0.1, 0.15) is 36.6 Å². The van der Waals surface area contributed by atoms with Crippen LogP contribution in [0.15, 0.2) is 121 Å². The van der Waals surface area contributed by atoms with E-state index < -0.39 is 17.6 Å². The summed E-state index contributed by atoms with van der Waals surface area (Å²) >= 11 is 0. The van der Waals surface area contributed by atoms with Crippen molar-refractivity contribution in [2.75, 3.05) is 10.6 Å². The summed E-state index contributed by atoms with van der Waals surface area (Å²) in [5.41, 5.74) is 1.38. The topological polar surface area (TPSA) is 116 Å². The fraction of sp³-hybridized carbons (Fsp3) is 0. The number of aromatic hydroxyl groups is 2. The van der Waals surface area contributed by atoms with Gasteiger partial charge in [0.1, 0.15) is 11.5 Å². The van der Waals surface area contributed by atoms with Gasteiger partial charge in [-0.2, -0.15) is 0 Å². The molecule has 0 unspecified atom stereocenters. The number of amides is 2. The molecule has 0 radical (unpaired) electrons. The Bertz CT molecular complexity index is 1880. The number of nitrogens with one attached hydrogen (secondary N) is 2. The maximum atomic E-state index is 13.4. The first-order valence-corrected chi connectivity index (χ1v) is 13.2. The lowest BCUT2D eigenvalue weighted by molar-refractivity contribution is 0.102. The summed E-state index contributed by atoms with van der Waals surface area (Å²) in [5.74, 6) is -1.70. The summed E-state index contributed by atoms with van der Waals surface area (Å²) in [6.07, 6.45) is 0. The molecule has 4 N–H and O–H groups in total. The van der Waals surface area contributed by atoms with Crippen LogP contribution in [0, 0.1) is 0 Å². The van der Waals surface area contributed by atoms with E-state index in [1.54, 1.807) is 24.3 Å². The molecule has 0 fully saturated rings. The average molecular weight is 553 g/mol. The predicted molar refractivity (Wildman–Crippen MR) is 163 cm³/mol. The molecular weight excluding hydrogens is 528 g/mol. The van der Waals surface area contributed by atoms with Crippen LogP contribution in [-0.2, 0) is 0 Å². The minimum Gasteiger partial charge on any atom is -0.506 e. The molecule has 6 aromatic carbocycles. The number of anilines is 2. The molecule has 42 heavy (non-hydrogen) atoms. The Labute approximate surface area is 240 Å². The van der Waals surface area contributed by atoms with E-state index in [0.29, 0.717) is 11.1 Å². The van der Waals surface area contributed by atoms with Crippen LogP contribution < -0.4 is 10.6 Å². The number of carbonyl (C=O) groups is 3. The zero-order valence-corrected chi connectivity index (χ0v) is 22.2. The Kier molecular flexibility index (Phi) is 6.82. The second kappa shape index (κ2) is 10.9. The molecule has 0 heterocycles. The minimum absolute atomic E-state index is 0.0713. The Morgan fingerprint density at radius 3 is 1.33 bits per heavy atom. The van der Waals surface area contributed by atoms with Gasteiger partial charge in [-0.1, -0.05) is 72.8 Å². The van der Waals surface area contributed by atoms with Crippen LogP contribution in [0.5, 0.6) is 11.5 Å². The fourth-order valence-electron chi connectivity index (χ4n) is 4.95. The highest BCUT2D eigenvalue weighted by molar-refractivity contribution is 6.16. The number of hydrogen-bond acceptors (Lipinski definition) is 5. The van der Waals surface area contributed by atoms with Crippen LogP contribution in [0.4, 0.5) is 11.4 Å². The van der Waals surface area contributed by atoms with E-state index >= 15 is 0 Å². The van der Waals surface area contributed by atoms with Gasteiger partial charge in [-0.15, -0.1) is 0 Å². The average Bonchev–Trinajstić information content (AvgIpc) is 3.02. The van der Waals surface area contributed by atoms with E-state index in [-0.39, 0.29) is 34.0 Å². The minimum atomic E-state index is -0.435. The van der Waals surface area contributed by atoms with Gasteiger partial charge < -0.3 is 20.8 Å². The van der Waals surface area contributed by atoms with Crippen LogP contribution in [0.25, 0.3) is 21.5 Å². The first-order chi connectivity index (χ1) is 20.4. The highest BCUT2D eigenvalue weighted by atomic mass is 16.3. The van der Waals surface area contributed by atoms with Crippen molar-refractivity contribution >= 4 is 50.5 Å². The molecule has 0 aromatic heterocycles. The lowest BCUT2D eigenvalue weighted by Crippen LogP contribution is -2.14. The van der Waals surface area contributed by atoms with Crippen LogP contribution in [0.2, 0.25) is 0 Å². The molecule has 6 aromatic rings. The second-order valence-corrected chi connectivity index (χ2v) is 9.75. The Hall–Kier alpha value is -5.95. The number of phenols is 2.